The Morgan fingerprint density at radius 3 is 2.07 bits per heavy atom. The van der Waals surface area contributed by atoms with E-state index in [1.165, 1.54) is 17.4 Å². The van der Waals surface area contributed by atoms with Crippen molar-refractivity contribution in [1.82, 2.24) is 4.72 Å². The summed E-state index contributed by atoms with van der Waals surface area (Å²) in [5.41, 5.74) is 2.24. The smallest absolute Gasteiger partial charge is 0.264 e. The highest BCUT2D eigenvalue weighted by molar-refractivity contribution is 7.92. The number of sulfonamides is 2. The van der Waals surface area contributed by atoms with E-state index in [0.29, 0.717) is 24.2 Å². The van der Waals surface area contributed by atoms with E-state index in [2.05, 4.69) is 25.5 Å². The Kier molecular flexibility index (Phi) is 4.86. The van der Waals surface area contributed by atoms with E-state index in [-0.39, 0.29) is 15.2 Å². The summed E-state index contributed by atoms with van der Waals surface area (Å²) in [6.45, 7) is 6.51. The minimum absolute atomic E-state index is 0.0578. The van der Waals surface area contributed by atoms with Crippen LogP contribution in [0.5, 0.6) is 0 Å². The fourth-order valence-electron chi connectivity index (χ4n) is 3.14. The normalized spacial score (nSPS) is 15.0. The molecule has 1 aliphatic rings. The molecule has 0 saturated carbocycles. The highest BCUT2D eigenvalue weighted by Crippen LogP contribution is 2.35. The van der Waals surface area contributed by atoms with Crippen molar-refractivity contribution in [2.45, 2.75) is 42.4 Å². The van der Waals surface area contributed by atoms with Gasteiger partial charge in [-0.05, 0) is 60.3 Å². The van der Waals surface area contributed by atoms with Gasteiger partial charge < -0.3 is 0 Å². The van der Waals surface area contributed by atoms with Crippen molar-refractivity contribution < 1.29 is 16.8 Å². The SMILES string of the molecule is CNS(=O)(=O)c1ccc2c(c1)CCN2S(=O)(=O)c1ccc(C(C)(C)C)cc1. The number of fused-ring (bicyclic) bond motifs is 1. The lowest BCUT2D eigenvalue weighted by molar-refractivity contribution is 0.585. The van der Waals surface area contributed by atoms with Gasteiger partial charge in [-0.15, -0.1) is 0 Å². The third-order valence-electron chi connectivity index (χ3n) is 4.79. The average Bonchev–Trinajstić information content (AvgIpc) is 3.05. The van der Waals surface area contributed by atoms with Gasteiger partial charge in [0.05, 0.1) is 15.5 Å². The first-order chi connectivity index (χ1) is 12.5. The number of nitrogens with one attached hydrogen (secondary N) is 1. The van der Waals surface area contributed by atoms with Crippen molar-refractivity contribution in [1.29, 1.82) is 0 Å². The van der Waals surface area contributed by atoms with Crippen LogP contribution >= 0.6 is 0 Å². The summed E-state index contributed by atoms with van der Waals surface area (Å²) in [6.07, 6.45) is 0.474. The lowest BCUT2D eigenvalue weighted by Gasteiger charge is -2.22. The van der Waals surface area contributed by atoms with Crippen LogP contribution in [0.1, 0.15) is 31.9 Å². The van der Waals surface area contributed by atoms with Gasteiger partial charge in [-0.25, -0.2) is 21.6 Å². The molecule has 8 heteroatoms. The molecule has 0 fully saturated rings. The molecule has 0 saturated heterocycles. The van der Waals surface area contributed by atoms with E-state index < -0.39 is 20.0 Å². The predicted molar refractivity (Wildman–Crippen MR) is 106 cm³/mol. The molecule has 1 N–H and O–H groups in total. The average molecular weight is 409 g/mol. The number of hydrogen-bond donors (Lipinski definition) is 1. The molecule has 0 amide bonds. The maximum absolute atomic E-state index is 13.1. The molecular weight excluding hydrogens is 384 g/mol. The molecule has 0 bridgehead atoms. The van der Waals surface area contributed by atoms with Crippen molar-refractivity contribution in [3.05, 3.63) is 53.6 Å². The van der Waals surface area contributed by atoms with Crippen LogP contribution in [0.3, 0.4) is 0 Å². The molecule has 27 heavy (non-hydrogen) atoms. The van der Waals surface area contributed by atoms with Crippen LogP contribution in [0, 0.1) is 0 Å². The third-order valence-corrected chi connectivity index (χ3v) is 8.03. The molecule has 1 heterocycles. The number of anilines is 1. The van der Waals surface area contributed by atoms with Crippen molar-refractivity contribution in [3.63, 3.8) is 0 Å². The summed E-state index contributed by atoms with van der Waals surface area (Å²) in [4.78, 5) is 0.368. The van der Waals surface area contributed by atoms with Crippen LogP contribution in [0.2, 0.25) is 0 Å². The lowest BCUT2D eigenvalue weighted by Crippen LogP contribution is -2.29. The first-order valence-corrected chi connectivity index (χ1v) is 11.6. The van der Waals surface area contributed by atoms with Crippen LogP contribution < -0.4 is 9.03 Å². The second-order valence-corrected chi connectivity index (χ2v) is 11.3. The van der Waals surface area contributed by atoms with Crippen molar-refractivity contribution in [3.8, 4) is 0 Å². The van der Waals surface area contributed by atoms with E-state index in [1.54, 1.807) is 24.3 Å². The fourth-order valence-corrected chi connectivity index (χ4v) is 5.42. The van der Waals surface area contributed by atoms with Crippen LogP contribution in [0.4, 0.5) is 5.69 Å². The van der Waals surface area contributed by atoms with E-state index in [4.69, 9.17) is 0 Å². The Hall–Kier alpha value is -1.90. The molecule has 2 aromatic carbocycles. The fraction of sp³-hybridized carbons (Fsp3) is 0.368. The molecule has 0 radical (unpaired) electrons. The van der Waals surface area contributed by atoms with Gasteiger partial charge in [-0.2, -0.15) is 0 Å². The molecule has 1 aliphatic heterocycles. The van der Waals surface area contributed by atoms with Gasteiger partial charge in [0, 0.05) is 6.54 Å². The number of hydrogen-bond acceptors (Lipinski definition) is 4. The third kappa shape index (κ3) is 3.61. The number of rotatable bonds is 4. The predicted octanol–water partition coefficient (Wildman–Crippen LogP) is 2.64. The monoisotopic (exact) mass is 408 g/mol. The second-order valence-electron chi connectivity index (χ2n) is 7.60. The maximum Gasteiger partial charge on any atom is 0.264 e. The van der Waals surface area contributed by atoms with Crippen molar-refractivity contribution >= 4 is 25.7 Å². The highest BCUT2D eigenvalue weighted by Gasteiger charge is 2.32. The van der Waals surface area contributed by atoms with Crippen LogP contribution in [0.25, 0.3) is 0 Å². The zero-order chi connectivity index (χ0) is 20.0. The van der Waals surface area contributed by atoms with E-state index in [9.17, 15) is 16.8 Å². The molecule has 0 aliphatic carbocycles. The molecule has 0 aromatic heterocycles. The Morgan fingerprint density at radius 1 is 0.926 bits per heavy atom. The summed E-state index contributed by atoms with van der Waals surface area (Å²) >= 11 is 0. The Morgan fingerprint density at radius 2 is 1.52 bits per heavy atom. The maximum atomic E-state index is 13.1. The zero-order valence-electron chi connectivity index (χ0n) is 15.9. The van der Waals surface area contributed by atoms with Gasteiger partial charge >= 0.3 is 0 Å². The largest absolute Gasteiger partial charge is 0.266 e. The summed E-state index contributed by atoms with van der Waals surface area (Å²) in [5, 5.41) is 0. The summed E-state index contributed by atoms with van der Waals surface area (Å²) < 4.78 is 53.7. The quantitative estimate of drug-likeness (QED) is 0.843. The first-order valence-electron chi connectivity index (χ1n) is 8.66. The van der Waals surface area contributed by atoms with Crippen LogP contribution in [-0.2, 0) is 31.9 Å². The highest BCUT2D eigenvalue weighted by atomic mass is 32.2. The molecular formula is C19H24N2O4S2. The van der Waals surface area contributed by atoms with E-state index >= 15 is 0 Å². The van der Waals surface area contributed by atoms with Crippen molar-refractivity contribution in [2.75, 3.05) is 17.9 Å². The second kappa shape index (κ2) is 6.61. The molecule has 2 aromatic rings. The molecule has 0 spiro atoms. The van der Waals surface area contributed by atoms with Gasteiger partial charge in [-0.3, -0.25) is 4.31 Å². The molecule has 146 valence electrons. The Labute approximate surface area is 161 Å². The molecule has 0 atom stereocenters. The Balaban J connectivity index is 1.97. The molecule has 6 nitrogen and oxygen atoms in total. The zero-order valence-corrected chi connectivity index (χ0v) is 17.5. The Bertz CT molecular complexity index is 1070. The van der Waals surface area contributed by atoms with Gasteiger partial charge in [0.25, 0.3) is 10.0 Å². The molecule has 0 unspecified atom stereocenters. The van der Waals surface area contributed by atoms with Gasteiger partial charge in [-0.1, -0.05) is 32.9 Å². The van der Waals surface area contributed by atoms with E-state index in [1.807, 2.05) is 12.1 Å². The van der Waals surface area contributed by atoms with E-state index in [0.717, 1.165) is 5.56 Å². The summed E-state index contributed by atoms with van der Waals surface area (Å²) in [5.74, 6) is 0. The summed E-state index contributed by atoms with van der Waals surface area (Å²) in [7, 11) is -5.91. The van der Waals surface area contributed by atoms with Crippen LogP contribution in [-0.4, -0.2) is 30.4 Å². The number of benzene rings is 2. The van der Waals surface area contributed by atoms with Crippen LogP contribution in [0.15, 0.2) is 52.3 Å². The van der Waals surface area contributed by atoms with Gasteiger partial charge in [0.1, 0.15) is 0 Å². The van der Waals surface area contributed by atoms with Crippen molar-refractivity contribution in [2.24, 2.45) is 0 Å². The molecule has 3 rings (SSSR count). The van der Waals surface area contributed by atoms with Gasteiger partial charge in [0.15, 0.2) is 0 Å². The topological polar surface area (TPSA) is 83.6 Å². The van der Waals surface area contributed by atoms with Gasteiger partial charge in [0.2, 0.25) is 10.0 Å². The minimum atomic E-state index is -3.70. The number of nitrogens with zero attached hydrogens (tertiary/aromatic N) is 1. The lowest BCUT2D eigenvalue weighted by atomic mass is 9.87. The summed E-state index contributed by atoms with van der Waals surface area (Å²) in [6, 6.07) is 11.5. The minimum Gasteiger partial charge on any atom is -0.266 e. The first kappa shape index (κ1) is 19.9. The standard InChI is InChI=1S/C19H24N2O4S2/c1-19(2,3)15-5-7-16(8-6-15)27(24,25)21-12-11-14-13-17(9-10-18(14)21)26(22,23)20-4/h5-10,13,20H,11-12H2,1-4H3.